The van der Waals surface area contributed by atoms with Gasteiger partial charge in [-0.25, -0.2) is 4.98 Å². The lowest BCUT2D eigenvalue weighted by Gasteiger charge is -2.05. The van der Waals surface area contributed by atoms with E-state index in [4.69, 9.17) is 10.5 Å². The van der Waals surface area contributed by atoms with E-state index in [1.807, 2.05) is 23.6 Å². The summed E-state index contributed by atoms with van der Waals surface area (Å²) in [4.78, 5) is 4.32. The maximum absolute atomic E-state index is 5.83. The maximum Gasteiger partial charge on any atom is 0.278 e. The van der Waals surface area contributed by atoms with Gasteiger partial charge in [0, 0.05) is 9.85 Å². The summed E-state index contributed by atoms with van der Waals surface area (Å²) in [6.07, 6.45) is 0.912. The minimum absolute atomic E-state index is 0.600. The molecule has 2 rings (SSSR count). The molecule has 1 aromatic heterocycles. The number of nitrogens with zero attached hydrogens (tertiary/aromatic N) is 1. The fraction of sp³-hybridized carbons (Fsp3) is 0.182. The van der Waals surface area contributed by atoms with Crippen molar-refractivity contribution in [3.8, 4) is 10.9 Å². The van der Waals surface area contributed by atoms with Gasteiger partial charge in [0.25, 0.3) is 5.19 Å². The summed E-state index contributed by atoms with van der Waals surface area (Å²) in [7, 11) is 0. The summed E-state index contributed by atoms with van der Waals surface area (Å²) >= 11 is 4.83. The molecule has 5 heteroatoms. The van der Waals surface area contributed by atoms with Gasteiger partial charge in [0.15, 0.2) is 5.75 Å². The molecule has 0 bridgehead atoms. The van der Waals surface area contributed by atoms with E-state index >= 15 is 0 Å². The van der Waals surface area contributed by atoms with Crippen molar-refractivity contribution >= 4 is 33.0 Å². The highest BCUT2D eigenvalue weighted by atomic mass is 79.9. The third kappa shape index (κ3) is 2.54. The minimum atomic E-state index is 0.600. The third-order valence-corrected chi connectivity index (χ3v) is 3.32. The number of anilines is 1. The van der Waals surface area contributed by atoms with Crippen molar-refractivity contribution in [1.29, 1.82) is 0 Å². The first-order valence-corrected chi connectivity index (χ1v) is 6.53. The molecule has 0 atom stereocenters. The Morgan fingerprint density at radius 1 is 1.50 bits per heavy atom. The van der Waals surface area contributed by atoms with Crippen molar-refractivity contribution in [3.05, 3.63) is 33.7 Å². The Bertz CT molecular complexity index is 498. The summed E-state index contributed by atoms with van der Waals surface area (Å²) in [5, 5.41) is 2.62. The van der Waals surface area contributed by atoms with E-state index in [1.165, 1.54) is 11.3 Å². The average molecular weight is 299 g/mol. The van der Waals surface area contributed by atoms with Gasteiger partial charge in [-0.3, -0.25) is 0 Å². The molecule has 0 saturated heterocycles. The van der Waals surface area contributed by atoms with Crippen molar-refractivity contribution in [2.75, 3.05) is 5.73 Å². The molecule has 3 nitrogen and oxygen atoms in total. The zero-order chi connectivity index (χ0) is 11.5. The number of aromatic nitrogens is 1. The number of hydrogen-bond acceptors (Lipinski definition) is 4. The van der Waals surface area contributed by atoms with E-state index in [1.54, 1.807) is 0 Å². The summed E-state index contributed by atoms with van der Waals surface area (Å²) in [6.45, 7) is 2.06. The van der Waals surface area contributed by atoms with Gasteiger partial charge in [-0.15, -0.1) is 0 Å². The van der Waals surface area contributed by atoms with Gasteiger partial charge in [0.2, 0.25) is 0 Å². The van der Waals surface area contributed by atoms with Gasteiger partial charge < -0.3 is 10.5 Å². The Balaban J connectivity index is 2.20. The van der Waals surface area contributed by atoms with E-state index in [2.05, 4.69) is 27.8 Å². The van der Waals surface area contributed by atoms with Crippen LogP contribution in [0.4, 0.5) is 5.69 Å². The average Bonchev–Trinajstić information content (AvgIpc) is 2.70. The number of rotatable bonds is 3. The quantitative estimate of drug-likeness (QED) is 0.876. The monoisotopic (exact) mass is 298 g/mol. The molecule has 0 amide bonds. The van der Waals surface area contributed by atoms with Crippen molar-refractivity contribution in [2.24, 2.45) is 0 Å². The molecule has 2 aromatic rings. The minimum Gasteiger partial charge on any atom is -0.429 e. The van der Waals surface area contributed by atoms with Crippen LogP contribution in [0.1, 0.15) is 12.6 Å². The Kier molecular flexibility index (Phi) is 3.46. The number of halogens is 1. The first-order chi connectivity index (χ1) is 7.69. The second-order valence-corrected chi connectivity index (χ2v) is 4.98. The van der Waals surface area contributed by atoms with Gasteiger partial charge in [-0.1, -0.05) is 34.2 Å². The van der Waals surface area contributed by atoms with Gasteiger partial charge in [-0.05, 0) is 24.6 Å². The lowest BCUT2D eigenvalue weighted by molar-refractivity contribution is 0.479. The standard InChI is InChI=1S/C11H11BrN2OS/c1-2-8-6-16-11(14-8)15-10-4-3-7(12)5-9(10)13/h3-6H,2,13H2,1H3. The molecular weight excluding hydrogens is 288 g/mol. The highest BCUT2D eigenvalue weighted by molar-refractivity contribution is 9.10. The van der Waals surface area contributed by atoms with E-state index in [0.717, 1.165) is 16.6 Å². The third-order valence-electron chi connectivity index (χ3n) is 2.06. The van der Waals surface area contributed by atoms with Gasteiger partial charge in [0.1, 0.15) is 0 Å². The Hall–Kier alpha value is -1.07. The lowest BCUT2D eigenvalue weighted by Crippen LogP contribution is -1.91. The summed E-state index contributed by atoms with van der Waals surface area (Å²) in [5.74, 6) is 0.639. The van der Waals surface area contributed by atoms with Gasteiger partial charge >= 0.3 is 0 Å². The first-order valence-electron chi connectivity index (χ1n) is 4.86. The molecule has 0 spiro atoms. The number of aryl methyl sites for hydroxylation is 1. The smallest absolute Gasteiger partial charge is 0.278 e. The van der Waals surface area contributed by atoms with Crippen LogP contribution in [-0.2, 0) is 6.42 Å². The number of thiazole rings is 1. The fourth-order valence-corrected chi connectivity index (χ4v) is 2.35. The molecule has 1 heterocycles. The van der Waals surface area contributed by atoms with E-state index in [9.17, 15) is 0 Å². The molecule has 0 radical (unpaired) electrons. The molecule has 0 aliphatic carbocycles. The Morgan fingerprint density at radius 2 is 2.31 bits per heavy atom. The second-order valence-electron chi connectivity index (χ2n) is 3.24. The van der Waals surface area contributed by atoms with Crippen molar-refractivity contribution in [1.82, 2.24) is 4.98 Å². The van der Waals surface area contributed by atoms with Crippen LogP contribution in [0.5, 0.6) is 10.9 Å². The number of nitrogens with two attached hydrogens (primary N) is 1. The van der Waals surface area contributed by atoms with Gasteiger partial charge in [0.05, 0.1) is 11.4 Å². The molecule has 0 aliphatic heterocycles. The van der Waals surface area contributed by atoms with Gasteiger partial charge in [-0.2, -0.15) is 0 Å². The van der Waals surface area contributed by atoms with Crippen LogP contribution < -0.4 is 10.5 Å². The molecule has 16 heavy (non-hydrogen) atoms. The van der Waals surface area contributed by atoms with Crippen molar-refractivity contribution < 1.29 is 4.74 Å². The zero-order valence-corrected chi connectivity index (χ0v) is 11.1. The van der Waals surface area contributed by atoms with Crippen LogP contribution in [0.15, 0.2) is 28.1 Å². The summed E-state index contributed by atoms with van der Waals surface area (Å²) in [6, 6.07) is 5.52. The van der Waals surface area contributed by atoms with Crippen LogP contribution >= 0.6 is 27.3 Å². The SMILES string of the molecule is CCc1csc(Oc2ccc(Br)cc2N)n1. The molecule has 2 N–H and O–H groups in total. The van der Waals surface area contributed by atoms with E-state index in [0.29, 0.717) is 16.6 Å². The number of nitrogen functional groups attached to an aromatic ring is 1. The fourth-order valence-electron chi connectivity index (χ4n) is 1.20. The van der Waals surface area contributed by atoms with E-state index in [-0.39, 0.29) is 0 Å². The van der Waals surface area contributed by atoms with Crippen molar-refractivity contribution in [2.45, 2.75) is 13.3 Å². The van der Waals surface area contributed by atoms with Crippen LogP contribution in [0.2, 0.25) is 0 Å². The number of ether oxygens (including phenoxy) is 1. The van der Waals surface area contributed by atoms with E-state index < -0.39 is 0 Å². The first kappa shape index (κ1) is 11.4. The number of hydrogen-bond donors (Lipinski definition) is 1. The summed E-state index contributed by atoms with van der Waals surface area (Å²) < 4.78 is 6.54. The normalized spacial score (nSPS) is 10.4. The molecule has 1 aromatic carbocycles. The van der Waals surface area contributed by atoms with Crippen LogP contribution in [0.25, 0.3) is 0 Å². The maximum atomic E-state index is 5.83. The molecule has 0 saturated carbocycles. The Labute approximate surface area is 106 Å². The van der Waals surface area contributed by atoms with Crippen LogP contribution in [-0.4, -0.2) is 4.98 Å². The Morgan fingerprint density at radius 3 is 2.94 bits per heavy atom. The number of benzene rings is 1. The lowest BCUT2D eigenvalue weighted by atomic mass is 10.3. The van der Waals surface area contributed by atoms with Crippen molar-refractivity contribution in [3.63, 3.8) is 0 Å². The molecule has 84 valence electrons. The molecule has 0 unspecified atom stereocenters. The predicted octanol–water partition coefficient (Wildman–Crippen LogP) is 3.84. The molecule has 0 fully saturated rings. The highest BCUT2D eigenvalue weighted by Crippen LogP contribution is 2.31. The van der Waals surface area contributed by atoms with Crippen LogP contribution in [0.3, 0.4) is 0 Å². The highest BCUT2D eigenvalue weighted by Gasteiger charge is 2.06. The predicted molar refractivity (Wildman–Crippen MR) is 70.1 cm³/mol. The molecular formula is C11H11BrN2OS. The molecule has 0 aliphatic rings. The zero-order valence-electron chi connectivity index (χ0n) is 8.74. The van der Waals surface area contributed by atoms with Crippen LogP contribution in [0, 0.1) is 0 Å². The largest absolute Gasteiger partial charge is 0.429 e. The topological polar surface area (TPSA) is 48.1 Å². The second kappa shape index (κ2) is 4.84. The summed E-state index contributed by atoms with van der Waals surface area (Å²) in [5.41, 5.74) is 7.47.